The molecule has 1 heterocycles. The Bertz CT molecular complexity index is 837. The number of nitrogens with one attached hydrogen (secondary N) is 2. The molecule has 2 N–H and O–H groups in total. The van der Waals surface area contributed by atoms with Gasteiger partial charge in [0.1, 0.15) is 0 Å². The fourth-order valence-electron chi connectivity index (χ4n) is 2.11. The second kappa shape index (κ2) is 7.47. The van der Waals surface area contributed by atoms with E-state index in [0.717, 1.165) is 12.1 Å². The summed E-state index contributed by atoms with van der Waals surface area (Å²) in [7, 11) is 0. The zero-order valence-corrected chi connectivity index (χ0v) is 14.4. The van der Waals surface area contributed by atoms with Crippen molar-refractivity contribution in [3.8, 4) is 0 Å². The fourth-order valence-corrected chi connectivity index (χ4v) is 2.46. The van der Waals surface area contributed by atoms with Gasteiger partial charge in [-0.25, -0.2) is 0 Å². The molecule has 0 radical (unpaired) electrons. The molecule has 0 aliphatic carbocycles. The molecule has 0 saturated carbocycles. The number of halogens is 2. The number of anilines is 4. The summed E-state index contributed by atoms with van der Waals surface area (Å²) in [6, 6.07) is 13.4. The molecule has 0 atom stereocenters. The third-order valence-electron chi connectivity index (χ3n) is 3.39. The number of rotatable bonds is 5. The first-order valence-electron chi connectivity index (χ1n) is 7.42. The van der Waals surface area contributed by atoms with Crippen molar-refractivity contribution in [1.82, 2.24) is 15.2 Å². The highest BCUT2D eigenvalue weighted by molar-refractivity contribution is 6.43. The monoisotopic (exact) mass is 359 g/mol. The van der Waals surface area contributed by atoms with Gasteiger partial charge in [-0.1, -0.05) is 48.3 Å². The normalized spacial score (nSPS) is 10.5. The molecular weight excluding hydrogens is 345 g/mol. The summed E-state index contributed by atoms with van der Waals surface area (Å²) < 4.78 is 0. The number of nitrogens with zero attached hydrogens (tertiary/aromatic N) is 3. The Morgan fingerprint density at radius 1 is 1.00 bits per heavy atom. The average molecular weight is 360 g/mol. The van der Waals surface area contributed by atoms with Gasteiger partial charge in [-0.3, -0.25) is 0 Å². The molecule has 0 aliphatic rings. The lowest BCUT2D eigenvalue weighted by molar-refractivity contribution is 0.982. The average Bonchev–Trinajstić information content (AvgIpc) is 2.60. The van der Waals surface area contributed by atoms with Crippen LogP contribution in [0.4, 0.5) is 23.1 Å². The van der Waals surface area contributed by atoms with Crippen LogP contribution in [0.15, 0.2) is 48.7 Å². The minimum Gasteiger partial charge on any atom is -0.339 e. The predicted octanol–water partition coefficient (Wildman–Crippen LogP) is 5.23. The lowest BCUT2D eigenvalue weighted by Crippen LogP contribution is -2.02. The first kappa shape index (κ1) is 16.5. The van der Waals surface area contributed by atoms with Crippen molar-refractivity contribution in [2.24, 2.45) is 0 Å². The Labute approximate surface area is 150 Å². The van der Waals surface area contributed by atoms with Crippen molar-refractivity contribution in [1.29, 1.82) is 0 Å². The quantitative estimate of drug-likeness (QED) is 0.653. The summed E-state index contributed by atoms with van der Waals surface area (Å²) >= 11 is 12.2. The van der Waals surface area contributed by atoms with Gasteiger partial charge in [0.15, 0.2) is 5.82 Å². The number of aryl methyl sites for hydroxylation is 1. The molecule has 7 heteroatoms. The Hall–Kier alpha value is -2.37. The maximum atomic E-state index is 6.16. The van der Waals surface area contributed by atoms with Crippen LogP contribution in [-0.4, -0.2) is 15.2 Å². The van der Waals surface area contributed by atoms with Crippen LogP contribution in [0.1, 0.15) is 12.5 Å². The molecule has 0 amide bonds. The first-order chi connectivity index (χ1) is 11.7. The van der Waals surface area contributed by atoms with E-state index in [9.17, 15) is 0 Å². The van der Waals surface area contributed by atoms with Crippen molar-refractivity contribution in [2.45, 2.75) is 13.3 Å². The Morgan fingerprint density at radius 3 is 2.54 bits per heavy atom. The van der Waals surface area contributed by atoms with Crippen molar-refractivity contribution in [3.63, 3.8) is 0 Å². The highest BCUT2D eigenvalue weighted by Gasteiger charge is 2.07. The van der Waals surface area contributed by atoms with Gasteiger partial charge < -0.3 is 10.6 Å². The molecule has 3 aromatic rings. The van der Waals surface area contributed by atoms with E-state index in [-0.39, 0.29) is 0 Å². The van der Waals surface area contributed by atoms with Crippen LogP contribution in [0.2, 0.25) is 10.0 Å². The summed E-state index contributed by atoms with van der Waals surface area (Å²) in [5, 5.41) is 15.0. The number of hydrogen-bond acceptors (Lipinski definition) is 5. The Morgan fingerprint density at radius 2 is 1.79 bits per heavy atom. The van der Waals surface area contributed by atoms with E-state index >= 15 is 0 Å². The number of benzene rings is 2. The molecule has 3 rings (SSSR count). The summed E-state index contributed by atoms with van der Waals surface area (Å²) in [5.41, 5.74) is 2.83. The Kier molecular flexibility index (Phi) is 5.13. The topological polar surface area (TPSA) is 62.7 Å². The van der Waals surface area contributed by atoms with Crippen LogP contribution < -0.4 is 10.6 Å². The standard InChI is InChI=1S/C17H15Cl2N5/c1-2-11-6-8-12(9-7-11)21-15-10-20-24-17(23-15)22-14-5-3-4-13(18)16(14)19/h3-10H,2H2,1H3,(H2,21,22,23,24). The van der Waals surface area contributed by atoms with Crippen molar-refractivity contribution >= 4 is 46.3 Å². The molecule has 2 aromatic carbocycles. The van der Waals surface area contributed by atoms with Crippen molar-refractivity contribution < 1.29 is 0 Å². The van der Waals surface area contributed by atoms with E-state index in [1.807, 2.05) is 12.1 Å². The van der Waals surface area contributed by atoms with Crippen LogP contribution >= 0.6 is 23.2 Å². The molecular formula is C17H15Cl2N5. The first-order valence-corrected chi connectivity index (χ1v) is 8.18. The van der Waals surface area contributed by atoms with Gasteiger partial charge in [0, 0.05) is 5.69 Å². The minimum atomic E-state index is 0.328. The zero-order chi connectivity index (χ0) is 16.9. The number of aromatic nitrogens is 3. The van der Waals surface area contributed by atoms with E-state index in [4.69, 9.17) is 23.2 Å². The molecule has 0 spiro atoms. The van der Waals surface area contributed by atoms with Gasteiger partial charge in [0.25, 0.3) is 0 Å². The molecule has 5 nitrogen and oxygen atoms in total. The maximum Gasteiger partial charge on any atom is 0.249 e. The summed E-state index contributed by atoms with van der Waals surface area (Å²) in [5.74, 6) is 0.907. The molecule has 24 heavy (non-hydrogen) atoms. The molecule has 122 valence electrons. The van der Waals surface area contributed by atoms with Crippen molar-refractivity contribution in [3.05, 3.63) is 64.3 Å². The molecule has 0 aliphatic heterocycles. The van der Waals surface area contributed by atoms with Gasteiger partial charge >= 0.3 is 0 Å². The summed E-state index contributed by atoms with van der Waals surface area (Å²) in [6.45, 7) is 2.12. The summed E-state index contributed by atoms with van der Waals surface area (Å²) in [6.07, 6.45) is 2.56. The van der Waals surface area contributed by atoms with Gasteiger partial charge in [-0.15, -0.1) is 5.10 Å². The maximum absolute atomic E-state index is 6.16. The van der Waals surface area contributed by atoms with E-state index < -0.39 is 0 Å². The van der Waals surface area contributed by atoms with Crippen LogP contribution in [0.3, 0.4) is 0 Å². The van der Waals surface area contributed by atoms with Gasteiger partial charge in [0.05, 0.1) is 21.9 Å². The van der Waals surface area contributed by atoms with Crippen LogP contribution in [0, 0.1) is 0 Å². The molecule has 0 unspecified atom stereocenters. The fraction of sp³-hybridized carbons (Fsp3) is 0.118. The lowest BCUT2D eigenvalue weighted by atomic mass is 10.1. The van der Waals surface area contributed by atoms with Gasteiger partial charge in [-0.05, 0) is 36.2 Å². The number of hydrogen-bond donors (Lipinski definition) is 2. The SMILES string of the molecule is CCc1ccc(Nc2cnnc(Nc3cccc(Cl)c3Cl)n2)cc1. The van der Waals surface area contributed by atoms with Crippen LogP contribution in [0.5, 0.6) is 0 Å². The van der Waals surface area contributed by atoms with Crippen LogP contribution in [-0.2, 0) is 6.42 Å². The van der Waals surface area contributed by atoms with E-state index in [1.54, 1.807) is 24.4 Å². The predicted molar refractivity (Wildman–Crippen MR) is 98.7 cm³/mol. The highest BCUT2D eigenvalue weighted by atomic mass is 35.5. The second-order valence-corrected chi connectivity index (χ2v) is 5.85. The molecule has 1 aromatic heterocycles. The third kappa shape index (κ3) is 3.93. The van der Waals surface area contributed by atoms with Gasteiger partial charge in [-0.2, -0.15) is 10.1 Å². The van der Waals surface area contributed by atoms with Gasteiger partial charge in [0.2, 0.25) is 5.95 Å². The molecule has 0 saturated heterocycles. The largest absolute Gasteiger partial charge is 0.339 e. The highest BCUT2D eigenvalue weighted by Crippen LogP contribution is 2.31. The molecule has 0 bridgehead atoms. The minimum absolute atomic E-state index is 0.328. The smallest absolute Gasteiger partial charge is 0.249 e. The Balaban J connectivity index is 1.77. The zero-order valence-electron chi connectivity index (χ0n) is 12.9. The molecule has 0 fully saturated rings. The van der Waals surface area contributed by atoms with E-state index in [2.05, 4.69) is 44.9 Å². The summed E-state index contributed by atoms with van der Waals surface area (Å²) in [4.78, 5) is 4.38. The lowest BCUT2D eigenvalue weighted by Gasteiger charge is -2.09. The van der Waals surface area contributed by atoms with Crippen molar-refractivity contribution in [2.75, 3.05) is 10.6 Å². The third-order valence-corrected chi connectivity index (χ3v) is 4.21. The van der Waals surface area contributed by atoms with Crippen LogP contribution in [0.25, 0.3) is 0 Å². The van der Waals surface area contributed by atoms with E-state index in [0.29, 0.717) is 27.5 Å². The second-order valence-electron chi connectivity index (χ2n) is 5.07. The van der Waals surface area contributed by atoms with E-state index in [1.165, 1.54) is 5.56 Å².